The van der Waals surface area contributed by atoms with Gasteiger partial charge in [-0.2, -0.15) is 0 Å². The first-order valence-corrected chi connectivity index (χ1v) is 9.39. The highest BCUT2D eigenvalue weighted by molar-refractivity contribution is 9.10. The molecular weight excluding hydrogens is 420 g/mol. The molecule has 3 rings (SSSR count). The second-order valence-corrected chi connectivity index (χ2v) is 7.20. The third-order valence-electron chi connectivity index (χ3n) is 3.96. The zero-order valence-corrected chi connectivity index (χ0v) is 17.1. The van der Waals surface area contributed by atoms with Crippen LogP contribution in [-0.4, -0.2) is 30.8 Å². The summed E-state index contributed by atoms with van der Waals surface area (Å²) in [5.41, 5.74) is 1.52. The van der Waals surface area contributed by atoms with Gasteiger partial charge >= 0.3 is 0 Å². The average molecular weight is 439 g/mol. The Balaban J connectivity index is 1.88. The highest BCUT2D eigenvalue weighted by atomic mass is 79.9. The van der Waals surface area contributed by atoms with Crippen LogP contribution in [0.4, 0.5) is 0 Å². The molecule has 0 saturated carbocycles. The van der Waals surface area contributed by atoms with Gasteiger partial charge in [-0.25, -0.2) is 0 Å². The molecule has 2 aromatic carbocycles. The van der Waals surface area contributed by atoms with Crippen LogP contribution in [0, 0.1) is 0 Å². The van der Waals surface area contributed by atoms with Crippen LogP contribution in [0.2, 0.25) is 0 Å². The van der Waals surface area contributed by atoms with Crippen molar-refractivity contribution in [3.05, 3.63) is 88.2 Å². The lowest BCUT2D eigenvalue weighted by molar-refractivity contribution is -0.124. The molecule has 1 heterocycles. The van der Waals surface area contributed by atoms with Gasteiger partial charge in [0, 0.05) is 35.8 Å². The summed E-state index contributed by atoms with van der Waals surface area (Å²) < 4.78 is 6.82. The highest BCUT2D eigenvalue weighted by Gasteiger charge is 2.17. The van der Waals surface area contributed by atoms with E-state index in [0.717, 1.165) is 10.0 Å². The molecule has 28 heavy (non-hydrogen) atoms. The zero-order chi connectivity index (χ0) is 20.1. The van der Waals surface area contributed by atoms with E-state index in [-0.39, 0.29) is 17.5 Å². The Morgan fingerprint density at radius 2 is 1.64 bits per heavy atom. The van der Waals surface area contributed by atoms with Crippen molar-refractivity contribution in [2.45, 2.75) is 0 Å². The first-order valence-electron chi connectivity index (χ1n) is 8.59. The number of nitrogens with one attached hydrogen (secondary N) is 1. The summed E-state index contributed by atoms with van der Waals surface area (Å²) in [6, 6.07) is 20.0. The molecule has 0 aliphatic carbocycles. The van der Waals surface area contributed by atoms with Crippen LogP contribution in [0.1, 0.15) is 16.1 Å². The number of hydrogen-bond acceptors (Lipinski definition) is 3. The fourth-order valence-electron chi connectivity index (χ4n) is 2.52. The maximum atomic E-state index is 12.5. The molecule has 1 aromatic heterocycles. The van der Waals surface area contributed by atoms with E-state index >= 15 is 0 Å². The van der Waals surface area contributed by atoms with Crippen molar-refractivity contribution in [3.8, 4) is 11.3 Å². The largest absolute Gasteiger partial charge is 0.457 e. The number of amides is 2. The standard InChI is InChI=1S/C22H19BrN2O3/c1-25(2)22(27)19(24-21(26)16-6-4-3-5-7-16)14-18-12-13-20(28-18)15-8-10-17(23)11-9-15/h3-14H,1-2H3,(H,24,26). The minimum Gasteiger partial charge on any atom is -0.457 e. The van der Waals surface area contributed by atoms with Crippen molar-refractivity contribution in [1.82, 2.24) is 10.2 Å². The Labute approximate surface area is 171 Å². The summed E-state index contributed by atoms with van der Waals surface area (Å²) in [5, 5.41) is 2.68. The third-order valence-corrected chi connectivity index (χ3v) is 4.49. The van der Waals surface area contributed by atoms with E-state index in [1.54, 1.807) is 44.4 Å². The van der Waals surface area contributed by atoms with Gasteiger partial charge in [0.05, 0.1) is 0 Å². The number of furan rings is 1. The number of likely N-dealkylation sites (N-methyl/N-ethyl adjacent to an activating group) is 1. The molecule has 2 amide bonds. The first kappa shape index (κ1) is 19.6. The molecule has 142 valence electrons. The van der Waals surface area contributed by atoms with Crippen LogP contribution >= 0.6 is 15.9 Å². The van der Waals surface area contributed by atoms with Crippen molar-refractivity contribution >= 4 is 33.8 Å². The lowest BCUT2D eigenvalue weighted by Gasteiger charge is -2.14. The lowest BCUT2D eigenvalue weighted by atomic mass is 10.2. The predicted octanol–water partition coefficient (Wildman–Crippen LogP) is 4.57. The summed E-state index contributed by atoms with van der Waals surface area (Å²) in [5.74, 6) is 0.453. The second kappa shape index (κ2) is 8.71. The van der Waals surface area contributed by atoms with Crippen molar-refractivity contribution in [3.63, 3.8) is 0 Å². The van der Waals surface area contributed by atoms with E-state index in [0.29, 0.717) is 17.1 Å². The van der Waals surface area contributed by atoms with E-state index in [4.69, 9.17) is 4.42 Å². The molecule has 0 unspecified atom stereocenters. The maximum Gasteiger partial charge on any atom is 0.269 e. The van der Waals surface area contributed by atoms with E-state index < -0.39 is 0 Å². The summed E-state index contributed by atoms with van der Waals surface area (Å²) in [7, 11) is 3.25. The molecule has 1 N–H and O–H groups in total. The van der Waals surface area contributed by atoms with Crippen LogP contribution in [0.25, 0.3) is 17.4 Å². The molecular formula is C22H19BrN2O3. The summed E-state index contributed by atoms with van der Waals surface area (Å²) >= 11 is 3.41. The van der Waals surface area contributed by atoms with E-state index in [1.165, 1.54) is 11.0 Å². The lowest BCUT2D eigenvalue weighted by Crippen LogP contribution is -2.34. The average Bonchev–Trinajstić information content (AvgIpc) is 3.16. The minimum absolute atomic E-state index is 0.135. The van der Waals surface area contributed by atoms with Gasteiger partial charge in [-0.05, 0) is 36.4 Å². The molecule has 0 radical (unpaired) electrons. The number of halogens is 1. The van der Waals surface area contributed by atoms with Crippen LogP contribution in [-0.2, 0) is 4.79 Å². The number of benzene rings is 2. The van der Waals surface area contributed by atoms with Crippen molar-refractivity contribution in [2.24, 2.45) is 0 Å². The van der Waals surface area contributed by atoms with E-state index in [1.807, 2.05) is 36.4 Å². The molecule has 0 atom stereocenters. The van der Waals surface area contributed by atoms with Crippen LogP contribution < -0.4 is 5.32 Å². The molecule has 0 spiro atoms. The quantitative estimate of drug-likeness (QED) is 0.593. The van der Waals surface area contributed by atoms with E-state index in [9.17, 15) is 9.59 Å². The Kier molecular flexibility index (Phi) is 6.11. The fraction of sp³-hybridized carbons (Fsp3) is 0.0909. The molecule has 5 nitrogen and oxygen atoms in total. The minimum atomic E-state index is -0.360. The molecule has 0 saturated heterocycles. The number of hydrogen-bond donors (Lipinski definition) is 1. The van der Waals surface area contributed by atoms with Crippen molar-refractivity contribution in [2.75, 3.05) is 14.1 Å². The zero-order valence-electron chi connectivity index (χ0n) is 15.5. The number of carbonyl (C=O) groups is 2. The SMILES string of the molecule is CN(C)C(=O)C(=Cc1ccc(-c2ccc(Br)cc2)o1)NC(=O)c1ccccc1. The van der Waals surface area contributed by atoms with Gasteiger partial charge in [0.25, 0.3) is 11.8 Å². The molecule has 0 aliphatic heterocycles. The first-order chi connectivity index (χ1) is 13.4. The highest BCUT2D eigenvalue weighted by Crippen LogP contribution is 2.25. The monoisotopic (exact) mass is 438 g/mol. The molecule has 0 bridgehead atoms. The van der Waals surface area contributed by atoms with Gasteiger partial charge in [0.2, 0.25) is 0 Å². The third kappa shape index (κ3) is 4.78. The van der Waals surface area contributed by atoms with Gasteiger partial charge in [0.1, 0.15) is 17.2 Å². The number of carbonyl (C=O) groups excluding carboxylic acids is 2. The van der Waals surface area contributed by atoms with Gasteiger partial charge in [0.15, 0.2) is 0 Å². The van der Waals surface area contributed by atoms with Crippen molar-refractivity contribution < 1.29 is 14.0 Å². The van der Waals surface area contributed by atoms with Crippen LogP contribution in [0.15, 0.2) is 81.3 Å². The Morgan fingerprint density at radius 3 is 2.29 bits per heavy atom. The van der Waals surface area contributed by atoms with E-state index in [2.05, 4.69) is 21.2 Å². The van der Waals surface area contributed by atoms with Gasteiger partial charge in [-0.3, -0.25) is 9.59 Å². The van der Waals surface area contributed by atoms with Gasteiger partial charge < -0.3 is 14.6 Å². The smallest absolute Gasteiger partial charge is 0.269 e. The van der Waals surface area contributed by atoms with Gasteiger partial charge in [-0.1, -0.05) is 46.3 Å². The Morgan fingerprint density at radius 1 is 0.964 bits per heavy atom. The van der Waals surface area contributed by atoms with Gasteiger partial charge in [-0.15, -0.1) is 0 Å². The van der Waals surface area contributed by atoms with Crippen molar-refractivity contribution in [1.29, 1.82) is 0 Å². The second-order valence-electron chi connectivity index (χ2n) is 6.29. The summed E-state index contributed by atoms with van der Waals surface area (Å²) in [6.45, 7) is 0. The van der Waals surface area contributed by atoms with Crippen LogP contribution in [0.5, 0.6) is 0 Å². The normalized spacial score (nSPS) is 11.2. The Bertz CT molecular complexity index is 1010. The van der Waals surface area contributed by atoms with Crippen LogP contribution in [0.3, 0.4) is 0 Å². The Hall–Kier alpha value is -3.12. The number of rotatable bonds is 5. The topological polar surface area (TPSA) is 62.6 Å². The predicted molar refractivity (Wildman–Crippen MR) is 112 cm³/mol. The number of nitrogens with zero attached hydrogens (tertiary/aromatic N) is 1. The molecule has 3 aromatic rings. The summed E-state index contributed by atoms with van der Waals surface area (Å²) in [6.07, 6.45) is 1.53. The fourth-order valence-corrected chi connectivity index (χ4v) is 2.78. The summed E-state index contributed by atoms with van der Waals surface area (Å²) in [4.78, 5) is 26.4. The molecule has 6 heteroatoms. The maximum absolute atomic E-state index is 12.5. The molecule has 0 fully saturated rings. The molecule has 0 aliphatic rings.